The van der Waals surface area contributed by atoms with Crippen LogP contribution < -0.4 is 11.5 Å². The van der Waals surface area contributed by atoms with Crippen LogP contribution in [0.3, 0.4) is 0 Å². The number of para-hydroxylation sites is 1. The van der Waals surface area contributed by atoms with Crippen molar-refractivity contribution in [2.24, 2.45) is 7.05 Å². The van der Waals surface area contributed by atoms with Crippen molar-refractivity contribution in [3.05, 3.63) is 36.4 Å². The molecule has 0 saturated heterocycles. The van der Waals surface area contributed by atoms with Crippen LogP contribution >= 0.6 is 0 Å². The van der Waals surface area contributed by atoms with E-state index in [4.69, 9.17) is 11.5 Å². The molecule has 0 saturated carbocycles. The summed E-state index contributed by atoms with van der Waals surface area (Å²) in [4.78, 5) is 0. The topological polar surface area (TPSA) is 57.0 Å². The van der Waals surface area contributed by atoms with Crippen molar-refractivity contribution >= 4 is 11.5 Å². The summed E-state index contributed by atoms with van der Waals surface area (Å²) in [5.74, 6) is 0.739. The fourth-order valence-corrected chi connectivity index (χ4v) is 1.53. The maximum absolute atomic E-state index is 5.88. The Morgan fingerprint density at radius 2 is 1.71 bits per heavy atom. The van der Waals surface area contributed by atoms with E-state index in [-0.39, 0.29) is 0 Å². The van der Waals surface area contributed by atoms with Crippen molar-refractivity contribution in [2.75, 3.05) is 11.5 Å². The smallest absolute Gasteiger partial charge is 0.103 e. The largest absolute Gasteiger partial charge is 0.398 e. The third-order valence-corrected chi connectivity index (χ3v) is 2.40. The summed E-state index contributed by atoms with van der Waals surface area (Å²) in [6.45, 7) is 0. The van der Waals surface area contributed by atoms with Gasteiger partial charge in [-0.1, -0.05) is 18.2 Å². The number of hydrogen-bond acceptors (Lipinski definition) is 2. The Bertz CT molecular complexity index is 457. The lowest BCUT2D eigenvalue weighted by molar-refractivity contribution is 0.951. The lowest BCUT2D eigenvalue weighted by Crippen LogP contribution is -1.99. The van der Waals surface area contributed by atoms with E-state index < -0.39 is 0 Å². The first kappa shape index (κ1) is 8.69. The van der Waals surface area contributed by atoms with Gasteiger partial charge in [-0.3, -0.25) is 0 Å². The zero-order chi connectivity index (χ0) is 10.1. The summed E-state index contributed by atoms with van der Waals surface area (Å²) in [5, 5.41) is 0. The Kier molecular flexibility index (Phi) is 1.93. The average molecular weight is 187 g/mol. The number of benzene rings is 1. The van der Waals surface area contributed by atoms with Crippen molar-refractivity contribution in [3.63, 3.8) is 0 Å². The highest BCUT2D eigenvalue weighted by Crippen LogP contribution is 2.27. The molecule has 1 heterocycles. The Balaban J connectivity index is 2.60. The fraction of sp³-hybridized carbons (Fsp3) is 0.0909. The molecular formula is C11H13N3. The van der Waals surface area contributed by atoms with Gasteiger partial charge in [0.05, 0.1) is 5.69 Å². The highest BCUT2D eigenvalue weighted by molar-refractivity contribution is 5.75. The van der Waals surface area contributed by atoms with Crippen LogP contribution in [0.15, 0.2) is 36.4 Å². The normalized spacial score (nSPS) is 10.4. The Morgan fingerprint density at radius 3 is 2.29 bits per heavy atom. The molecule has 0 spiro atoms. The molecule has 2 aromatic rings. The number of nitrogens with two attached hydrogens (primary N) is 2. The van der Waals surface area contributed by atoms with Crippen molar-refractivity contribution in [3.8, 4) is 11.3 Å². The van der Waals surface area contributed by atoms with Crippen LogP contribution in [-0.4, -0.2) is 4.57 Å². The maximum Gasteiger partial charge on any atom is 0.103 e. The van der Waals surface area contributed by atoms with Gasteiger partial charge in [0.25, 0.3) is 0 Å². The molecule has 3 nitrogen and oxygen atoms in total. The summed E-state index contributed by atoms with van der Waals surface area (Å²) in [5.41, 5.74) is 14.5. The Hall–Kier alpha value is -1.90. The molecule has 3 heteroatoms. The van der Waals surface area contributed by atoms with E-state index in [1.165, 1.54) is 0 Å². The molecule has 4 N–H and O–H groups in total. The molecule has 0 bridgehead atoms. The van der Waals surface area contributed by atoms with E-state index in [1.807, 2.05) is 48.0 Å². The molecule has 0 fully saturated rings. The van der Waals surface area contributed by atoms with Gasteiger partial charge in [0.1, 0.15) is 5.82 Å². The van der Waals surface area contributed by atoms with Crippen molar-refractivity contribution in [1.82, 2.24) is 4.57 Å². The van der Waals surface area contributed by atoms with Gasteiger partial charge < -0.3 is 16.0 Å². The van der Waals surface area contributed by atoms with Crippen LogP contribution in [0.4, 0.5) is 11.5 Å². The molecule has 0 aliphatic rings. The first-order valence-electron chi connectivity index (χ1n) is 4.46. The minimum atomic E-state index is 0.739. The zero-order valence-corrected chi connectivity index (χ0v) is 8.07. The minimum Gasteiger partial charge on any atom is -0.398 e. The number of anilines is 2. The second-order valence-corrected chi connectivity index (χ2v) is 3.29. The van der Waals surface area contributed by atoms with Crippen LogP contribution in [0, 0.1) is 0 Å². The monoisotopic (exact) mass is 187 g/mol. The van der Waals surface area contributed by atoms with E-state index in [9.17, 15) is 0 Å². The predicted octanol–water partition coefficient (Wildman–Crippen LogP) is 1.86. The minimum absolute atomic E-state index is 0.739. The molecule has 0 unspecified atom stereocenters. The van der Waals surface area contributed by atoms with E-state index in [0.29, 0.717) is 0 Å². The molecular weight excluding hydrogens is 174 g/mol. The maximum atomic E-state index is 5.88. The lowest BCUT2D eigenvalue weighted by Gasteiger charge is -2.07. The predicted molar refractivity (Wildman–Crippen MR) is 59.7 cm³/mol. The summed E-state index contributed by atoms with van der Waals surface area (Å²) in [7, 11) is 1.93. The second kappa shape index (κ2) is 3.10. The van der Waals surface area contributed by atoms with Crippen molar-refractivity contribution < 1.29 is 0 Å². The van der Waals surface area contributed by atoms with Gasteiger partial charge in [0, 0.05) is 18.3 Å². The molecule has 14 heavy (non-hydrogen) atoms. The summed E-state index contributed by atoms with van der Waals surface area (Å²) in [6, 6.07) is 11.6. The highest BCUT2D eigenvalue weighted by Gasteiger charge is 2.06. The first-order chi connectivity index (χ1) is 6.70. The van der Waals surface area contributed by atoms with Gasteiger partial charge in [-0.2, -0.15) is 0 Å². The molecule has 0 radical (unpaired) electrons. The van der Waals surface area contributed by atoms with E-state index in [2.05, 4.69) is 0 Å². The molecule has 1 aromatic carbocycles. The highest BCUT2D eigenvalue weighted by atomic mass is 15.0. The fourth-order valence-electron chi connectivity index (χ4n) is 1.53. The third kappa shape index (κ3) is 1.23. The molecule has 0 amide bonds. The van der Waals surface area contributed by atoms with E-state index in [1.54, 1.807) is 0 Å². The zero-order valence-electron chi connectivity index (χ0n) is 8.07. The standard InChI is InChI=1S/C11H13N3/c1-14-10(6-7-11(14)13)8-4-2-3-5-9(8)12/h2-7H,12-13H2,1H3. The van der Waals surface area contributed by atoms with Crippen LogP contribution in [0.25, 0.3) is 11.3 Å². The molecule has 2 rings (SSSR count). The van der Waals surface area contributed by atoms with Crippen molar-refractivity contribution in [2.45, 2.75) is 0 Å². The SMILES string of the molecule is Cn1c(N)ccc1-c1ccccc1N. The Morgan fingerprint density at radius 1 is 1.00 bits per heavy atom. The quantitative estimate of drug-likeness (QED) is 0.669. The van der Waals surface area contributed by atoms with Crippen LogP contribution in [0.2, 0.25) is 0 Å². The van der Waals surface area contributed by atoms with Crippen molar-refractivity contribution in [1.29, 1.82) is 0 Å². The lowest BCUT2D eigenvalue weighted by atomic mass is 10.1. The summed E-state index contributed by atoms with van der Waals surface area (Å²) in [6.07, 6.45) is 0. The number of aromatic nitrogens is 1. The van der Waals surface area contributed by atoms with E-state index in [0.717, 1.165) is 22.8 Å². The first-order valence-corrected chi connectivity index (χ1v) is 4.46. The van der Waals surface area contributed by atoms with E-state index >= 15 is 0 Å². The van der Waals surface area contributed by atoms with Gasteiger partial charge >= 0.3 is 0 Å². The van der Waals surface area contributed by atoms with Gasteiger partial charge in [0.2, 0.25) is 0 Å². The van der Waals surface area contributed by atoms with Crippen LogP contribution in [0.1, 0.15) is 0 Å². The van der Waals surface area contributed by atoms with Gasteiger partial charge in [-0.15, -0.1) is 0 Å². The molecule has 0 aliphatic carbocycles. The third-order valence-electron chi connectivity index (χ3n) is 2.40. The van der Waals surface area contributed by atoms with Crippen LogP contribution in [-0.2, 0) is 7.05 Å². The van der Waals surface area contributed by atoms with Gasteiger partial charge in [-0.25, -0.2) is 0 Å². The second-order valence-electron chi connectivity index (χ2n) is 3.29. The van der Waals surface area contributed by atoms with Gasteiger partial charge in [0.15, 0.2) is 0 Å². The summed E-state index contributed by atoms with van der Waals surface area (Å²) >= 11 is 0. The molecule has 1 aromatic heterocycles. The number of hydrogen-bond donors (Lipinski definition) is 2. The number of nitrogens with zero attached hydrogens (tertiary/aromatic N) is 1. The average Bonchev–Trinajstić information content (AvgIpc) is 2.49. The molecule has 0 aliphatic heterocycles. The number of rotatable bonds is 1. The number of nitrogen functional groups attached to an aromatic ring is 2. The van der Waals surface area contributed by atoms with Gasteiger partial charge in [-0.05, 0) is 18.2 Å². The Labute approximate surface area is 83.0 Å². The summed E-state index contributed by atoms with van der Waals surface area (Å²) < 4.78 is 1.92. The molecule has 72 valence electrons. The molecule has 0 atom stereocenters. The van der Waals surface area contributed by atoms with Crippen LogP contribution in [0.5, 0.6) is 0 Å².